The predicted molar refractivity (Wildman–Crippen MR) is 113 cm³/mol. The molecule has 0 bridgehead atoms. The Morgan fingerprint density at radius 3 is 2.21 bits per heavy atom. The van der Waals surface area contributed by atoms with Crippen molar-refractivity contribution in [2.45, 2.75) is 88.0 Å². The smallest absolute Gasteiger partial charge is 0.187 e. The lowest BCUT2D eigenvalue weighted by Crippen LogP contribution is -2.64. The number of aliphatic hydroxyl groups excluding tert-OH is 8. The van der Waals surface area contributed by atoms with Crippen molar-refractivity contribution in [1.82, 2.24) is 0 Å². The van der Waals surface area contributed by atoms with Crippen LogP contribution in [0.3, 0.4) is 0 Å². The molecular weight excluding hydrogens is 458 g/mol. The maximum atomic E-state index is 12.4. The van der Waals surface area contributed by atoms with Gasteiger partial charge in [0.05, 0.1) is 18.8 Å². The lowest BCUT2D eigenvalue weighted by Gasteiger charge is -2.45. The quantitative estimate of drug-likeness (QED) is 0.173. The molecule has 2 heterocycles. The van der Waals surface area contributed by atoms with Crippen molar-refractivity contribution in [3.8, 4) is 0 Å². The van der Waals surface area contributed by atoms with E-state index in [4.69, 9.17) is 14.2 Å². The molecule has 5 unspecified atom stereocenters. The standard InChI is InChI=1S/C21H33NO12/c1-21(2)3-9(25)8(10(26)4-21)5-22-13-15(28)18(12(7-24)32-19(13)31)34-20-17(30)16(29)14(27)11(6-23)33-20/h5,11-20,23-25,27-31H,3-4,6-7H2,1-2H3/t11?,12?,13?,14-,15+,16-,17?,18-,19?,20-/m0/s1. The van der Waals surface area contributed by atoms with E-state index in [1.165, 1.54) is 0 Å². The summed E-state index contributed by atoms with van der Waals surface area (Å²) in [5.74, 6) is -0.534. The summed E-state index contributed by atoms with van der Waals surface area (Å²) in [6, 6.07) is -1.42. The zero-order chi connectivity index (χ0) is 25.4. The van der Waals surface area contributed by atoms with Gasteiger partial charge in [-0.15, -0.1) is 0 Å². The number of allylic oxidation sites excluding steroid dienone is 2. The number of ether oxygens (including phenoxy) is 3. The van der Waals surface area contributed by atoms with Gasteiger partial charge in [0.1, 0.15) is 54.5 Å². The number of aliphatic hydroxyl groups is 8. The maximum Gasteiger partial charge on any atom is 0.187 e. The predicted octanol–water partition coefficient (Wildman–Crippen LogP) is -3.12. The highest BCUT2D eigenvalue weighted by molar-refractivity contribution is 6.14. The minimum Gasteiger partial charge on any atom is -0.511 e. The van der Waals surface area contributed by atoms with Crippen LogP contribution in [0.1, 0.15) is 26.7 Å². The van der Waals surface area contributed by atoms with Gasteiger partial charge in [-0.3, -0.25) is 9.79 Å². The molecule has 0 aromatic heterocycles. The highest BCUT2D eigenvalue weighted by atomic mass is 16.7. The number of ketones is 1. The molecule has 0 radical (unpaired) electrons. The second-order valence-corrected chi connectivity index (χ2v) is 9.61. The van der Waals surface area contributed by atoms with Gasteiger partial charge < -0.3 is 55.1 Å². The molecule has 3 aliphatic rings. The second kappa shape index (κ2) is 10.6. The van der Waals surface area contributed by atoms with Gasteiger partial charge in [0, 0.05) is 19.1 Å². The molecule has 0 saturated carbocycles. The molecule has 13 heteroatoms. The molecule has 13 nitrogen and oxygen atoms in total. The van der Waals surface area contributed by atoms with E-state index in [-0.39, 0.29) is 30.0 Å². The molecule has 2 saturated heterocycles. The molecule has 1 aliphatic carbocycles. The molecule has 2 aliphatic heterocycles. The molecule has 2 fully saturated rings. The molecule has 8 N–H and O–H groups in total. The van der Waals surface area contributed by atoms with Crippen LogP contribution in [0.25, 0.3) is 0 Å². The highest BCUT2D eigenvalue weighted by Crippen LogP contribution is 2.35. The van der Waals surface area contributed by atoms with E-state index in [1.807, 2.05) is 13.8 Å². The Bertz CT molecular complexity index is 799. The number of hydrogen-bond acceptors (Lipinski definition) is 13. The van der Waals surface area contributed by atoms with Crippen molar-refractivity contribution in [3.63, 3.8) is 0 Å². The van der Waals surface area contributed by atoms with Crippen molar-refractivity contribution in [2.75, 3.05) is 13.2 Å². The third kappa shape index (κ3) is 5.49. The van der Waals surface area contributed by atoms with E-state index < -0.39 is 80.0 Å². The van der Waals surface area contributed by atoms with Crippen LogP contribution in [-0.4, -0.2) is 127 Å². The van der Waals surface area contributed by atoms with E-state index >= 15 is 0 Å². The molecular formula is C21H33NO12. The zero-order valence-corrected chi connectivity index (χ0v) is 18.8. The third-order valence-corrected chi connectivity index (χ3v) is 6.25. The normalized spacial score (nSPS) is 43.5. The molecule has 10 atom stereocenters. The van der Waals surface area contributed by atoms with Gasteiger partial charge in [0.25, 0.3) is 0 Å². The van der Waals surface area contributed by atoms with Crippen LogP contribution in [-0.2, 0) is 19.0 Å². The van der Waals surface area contributed by atoms with E-state index in [1.54, 1.807) is 0 Å². The van der Waals surface area contributed by atoms with Crippen molar-refractivity contribution in [2.24, 2.45) is 10.4 Å². The van der Waals surface area contributed by atoms with E-state index in [0.717, 1.165) is 6.21 Å². The maximum absolute atomic E-state index is 12.4. The third-order valence-electron chi connectivity index (χ3n) is 6.25. The first-order chi connectivity index (χ1) is 15.9. The summed E-state index contributed by atoms with van der Waals surface area (Å²) >= 11 is 0. The van der Waals surface area contributed by atoms with Crippen LogP contribution in [0.4, 0.5) is 0 Å². The Hall–Kier alpha value is -1.52. The fourth-order valence-electron chi connectivity index (χ4n) is 4.34. The largest absolute Gasteiger partial charge is 0.511 e. The molecule has 0 amide bonds. The van der Waals surface area contributed by atoms with Crippen LogP contribution in [0.15, 0.2) is 16.3 Å². The average Bonchev–Trinajstić information content (AvgIpc) is 2.75. The summed E-state index contributed by atoms with van der Waals surface area (Å²) in [6.07, 6.45) is -12.7. The topological polar surface area (TPSA) is 219 Å². The summed E-state index contributed by atoms with van der Waals surface area (Å²) in [4.78, 5) is 16.4. The first-order valence-corrected chi connectivity index (χ1v) is 11.0. The Labute approximate surface area is 195 Å². The Morgan fingerprint density at radius 2 is 1.62 bits per heavy atom. The summed E-state index contributed by atoms with van der Waals surface area (Å²) in [5, 5.41) is 80.5. The lowest BCUT2D eigenvalue weighted by atomic mass is 9.77. The number of nitrogens with zero attached hydrogens (tertiary/aromatic N) is 1. The van der Waals surface area contributed by atoms with Crippen LogP contribution in [0.5, 0.6) is 0 Å². The van der Waals surface area contributed by atoms with E-state index in [0.29, 0.717) is 0 Å². The summed E-state index contributed by atoms with van der Waals surface area (Å²) in [7, 11) is 0. The van der Waals surface area contributed by atoms with Crippen LogP contribution in [0.2, 0.25) is 0 Å². The monoisotopic (exact) mass is 491 g/mol. The lowest BCUT2D eigenvalue weighted by molar-refractivity contribution is -0.344. The second-order valence-electron chi connectivity index (χ2n) is 9.61. The molecule has 194 valence electrons. The molecule has 0 aromatic rings. The first kappa shape index (κ1) is 27.1. The molecule has 3 rings (SSSR count). The Kier molecular flexibility index (Phi) is 8.46. The van der Waals surface area contributed by atoms with E-state index in [2.05, 4.69) is 4.99 Å². The number of Topliss-reactive ketones (excluding diaryl/α,β-unsaturated/α-hetero) is 1. The summed E-state index contributed by atoms with van der Waals surface area (Å²) < 4.78 is 16.1. The van der Waals surface area contributed by atoms with Gasteiger partial charge in [-0.2, -0.15) is 0 Å². The van der Waals surface area contributed by atoms with Gasteiger partial charge in [0.15, 0.2) is 18.4 Å². The van der Waals surface area contributed by atoms with Crippen molar-refractivity contribution in [3.05, 3.63) is 11.3 Å². The summed E-state index contributed by atoms with van der Waals surface area (Å²) in [5.41, 5.74) is -0.487. The van der Waals surface area contributed by atoms with Crippen LogP contribution >= 0.6 is 0 Å². The van der Waals surface area contributed by atoms with Gasteiger partial charge in [-0.1, -0.05) is 13.8 Å². The number of rotatable bonds is 6. The molecule has 34 heavy (non-hydrogen) atoms. The fourth-order valence-corrected chi connectivity index (χ4v) is 4.34. The van der Waals surface area contributed by atoms with Gasteiger partial charge in [0.2, 0.25) is 0 Å². The number of carbonyl (C=O) groups is 1. The average molecular weight is 491 g/mol. The van der Waals surface area contributed by atoms with Crippen LogP contribution in [0, 0.1) is 5.41 Å². The van der Waals surface area contributed by atoms with Crippen LogP contribution < -0.4 is 0 Å². The zero-order valence-electron chi connectivity index (χ0n) is 18.8. The number of aliphatic imine (C=N–C) groups is 1. The fraction of sp³-hybridized carbons (Fsp3) is 0.810. The minimum atomic E-state index is -1.77. The first-order valence-electron chi connectivity index (χ1n) is 11.0. The Morgan fingerprint density at radius 1 is 0.971 bits per heavy atom. The molecule has 0 spiro atoms. The van der Waals surface area contributed by atoms with Crippen molar-refractivity contribution >= 4 is 12.0 Å². The minimum absolute atomic E-state index is 0.0607. The SMILES string of the molecule is CC1(C)CC(=O)C(C=NC2C(O)OC(CO)[C@H](O[C@@H]3OC(CO)[C@H](O)[C@H](O)C3O)[C@@H]2O)=C(O)C1. The number of carbonyl (C=O) groups excluding carboxylic acids is 1. The van der Waals surface area contributed by atoms with Crippen molar-refractivity contribution in [1.29, 1.82) is 0 Å². The highest BCUT2D eigenvalue weighted by Gasteiger charge is 2.50. The van der Waals surface area contributed by atoms with Gasteiger partial charge in [-0.25, -0.2) is 0 Å². The molecule has 0 aromatic carbocycles. The van der Waals surface area contributed by atoms with Gasteiger partial charge in [-0.05, 0) is 5.41 Å². The van der Waals surface area contributed by atoms with Gasteiger partial charge >= 0.3 is 0 Å². The summed E-state index contributed by atoms with van der Waals surface area (Å²) in [6.45, 7) is 2.24. The Balaban J connectivity index is 1.80. The van der Waals surface area contributed by atoms with E-state index in [9.17, 15) is 45.6 Å². The van der Waals surface area contributed by atoms with Crippen molar-refractivity contribution < 1.29 is 59.9 Å². The number of hydrogen-bond donors (Lipinski definition) is 8.